The third-order valence-electron chi connectivity index (χ3n) is 6.76. The molecule has 0 unspecified atom stereocenters. The molecule has 180 valence electrons. The van der Waals surface area contributed by atoms with Crippen molar-refractivity contribution in [3.05, 3.63) is 95.8 Å². The third kappa shape index (κ3) is 4.26. The standard InChI is InChI=1S/C28H26N6O2/c1-19-30-27(36-32-19)22-12-14-33(15-13-22)28(35)23-16-25(21-10-6-3-7-11-21)31-26-24(23)17-29-34(26)18-20-8-4-2-5-9-20/h2-11,16-17,22H,12-15,18H2,1H3. The van der Waals surface area contributed by atoms with E-state index < -0.39 is 0 Å². The predicted molar refractivity (Wildman–Crippen MR) is 135 cm³/mol. The zero-order valence-corrected chi connectivity index (χ0v) is 20.0. The van der Waals surface area contributed by atoms with Gasteiger partial charge in [-0.05, 0) is 31.4 Å². The number of hydrogen-bond donors (Lipinski definition) is 0. The van der Waals surface area contributed by atoms with Crippen LogP contribution in [0.25, 0.3) is 22.3 Å². The van der Waals surface area contributed by atoms with Crippen LogP contribution >= 0.6 is 0 Å². The Balaban J connectivity index is 1.34. The number of piperidine rings is 1. The van der Waals surface area contributed by atoms with Gasteiger partial charge in [-0.15, -0.1) is 0 Å². The average Bonchev–Trinajstić information content (AvgIpc) is 3.55. The molecule has 1 saturated heterocycles. The van der Waals surface area contributed by atoms with Crippen LogP contribution in [0.15, 0.2) is 77.4 Å². The molecule has 1 fully saturated rings. The molecule has 3 aromatic heterocycles. The van der Waals surface area contributed by atoms with Crippen molar-refractivity contribution in [2.24, 2.45) is 0 Å². The van der Waals surface area contributed by atoms with Crippen molar-refractivity contribution in [2.45, 2.75) is 32.2 Å². The normalized spacial score (nSPS) is 14.4. The average molecular weight is 479 g/mol. The number of amides is 1. The summed E-state index contributed by atoms with van der Waals surface area (Å²) in [5.41, 5.74) is 4.19. The number of carbonyl (C=O) groups excluding carboxylic acids is 1. The number of likely N-dealkylation sites (tertiary alicyclic amines) is 1. The highest BCUT2D eigenvalue weighted by molar-refractivity contribution is 6.06. The van der Waals surface area contributed by atoms with E-state index in [0.717, 1.165) is 35.0 Å². The van der Waals surface area contributed by atoms with E-state index in [-0.39, 0.29) is 11.8 Å². The fraction of sp³-hybridized carbons (Fsp3) is 0.250. The molecule has 1 amide bonds. The highest BCUT2D eigenvalue weighted by atomic mass is 16.5. The first kappa shape index (κ1) is 22.2. The van der Waals surface area contributed by atoms with Gasteiger partial charge in [-0.2, -0.15) is 10.1 Å². The summed E-state index contributed by atoms with van der Waals surface area (Å²) in [4.78, 5) is 25.1. The monoisotopic (exact) mass is 478 g/mol. The number of nitrogens with zero attached hydrogens (tertiary/aromatic N) is 6. The molecule has 0 radical (unpaired) electrons. The maximum atomic E-state index is 13.8. The number of aryl methyl sites for hydroxylation is 1. The van der Waals surface area contributed by atoms with Gasteiger partial charge in [0.2, 0.25) is 5.89 Å². The molecule has 0 aliphatic carbocycles. The predicted octanol–water partition coefficient (Wildman–Crippen LogP) is 4.86. The number of benzene rings is 2. The largest absolute Gasteiger partial charge is 0.339 e. The van der Waals surface area contributed by atoms with Crippen molar-refractivity contribution in [1.82, 2.24) is 29.8 Å². The van der Waals surface area contributed by atoms with Crippen LogP contribution in [-0.4, -0.2) is 48.8 Å². The number of carbonyl (C=O) groups is 1. The Morgan fingerprint density at radius 2 is 1.72 bits per heavy atom. The molecule has 5 aromatic rings. The minimum absolute atomic E-state index is 0.000924. The molecular weight excluding hydrogens is 452 g/mol. The molecule has 1 aliphatic heterocycles. The van der Waals surface area contributed by atoms with Crippen molar-refractivity contribution in [3.8, 4) is 11.3 Å². The van der Waals surface area contributed by atoms with Crippen molar-refractivity contribution >= 4 is 16.9 Å². The lowest BCUT2D eigenvalue weighted by molar-refractivity contribution is 0.0706. The summed E-state index contributed by atoms with van der Waals surface area (Å²) >= 11 is 0. The molecule has 6 rings (SSSR count). The van der Waals surface area contributed by atoms with Gasteiger partial charge in [0, 0.05) is 24.6 Å². The number of hydrogen-bond acceptors (Lipinski definition) is 6. The van der Waals surface area contributed by atoms with Gasteiger partial charge in [0.05, 0.1) is 29.4 Å². The fourth-order valence-electron chi connectivity index (χ4n) is 4.83. The van der Waals surface area contributed by atoms with Crippen molar-refractivity contribution in [3.63, 3.8) is 0 Å². The lowest BCUT2D eigenvalue weighted by Gasteiger charge is -2.30. The van der Waals surface area contributed by atoms with Crippen LogP contribution in [-0.2, 0) is 6.54 Å². The summed E-state index contributed by atoms with van der Waals surface area (Å²) in [7, 11) is 0. The van der Waals surface area contributed by atoms with Crippen LogP contribution in [0.1, 0.15) is 46.4 Å². The second-order valence-corrected chi connectivity index (χ2v) is 9.19. The third-order valence-corrected chi connectivity index (χ3v) is 6.76. The van der Waals surface area contributed by atoms with Gasteiger partial charge in [-0.25, -0.2) is 9.67 Å². The number of fused-ring (bicyclic) bond motifs is 1. The molecule has 1 aliphatic rings. The van der Waals surface area contributed by atoms with Gasteiger partial charge in [-0.1, -0.05) is 65.8 Å². The van der Waals surface area contributed by atoms with Gasteiger partial charge in [0.1, 0.15) is 0 Å². The Morgan fingerprint density at radius 1 is 1.00 bits per heavy atom. The topological polar surface area (TPSA) is 89.9 Å². The second-order valence-electron chi connectivity index (χ2n) is 9.19. The fourth-order valence-corrected chi connectivity index (χ4v) is 4.83. The van der Waals surface area contributed by atoms with Crippen LogP contribution < -0.4 is 0 Å². The van der Waals surface area contributed by atoms with E-state index in [2.05, 4.69) is 27.4 Å². The van der Waals surface area contributed by atoms with Crippen LogP contribution in [0.2, 0.25) is 0 Å². The SMILES string of the molecule is Cc1noc(C2CCN(C(=O)c3cc(-c4ccccc4)nc4c3cnn4Cc3ccccc3)CC2)n1. The molecule has 0 atom stereocenters. The van der Waals surface area contributed by atoms with E-state index in [4.69, 9.17) is 9.51 Å². The van der Waals surface area contributed by atoms with Crippen molar-refractivity contribution in [2.75, 3.05) is 13.1 Å². The van der Waals surface area contributed by atoms with E-state index in [1.165, 1.54) is 0 Å². The second kappa shape index (κ2) is 9.37. The van der Waals surface area contributed by atoms with E-state index >= 15 is 0 Å². The summed E-state index contributed by atoms with van der Waals surface area (Å²) in [6.07, 6.45) is 3.35. The van der Waals surface area contributed by atoms with Gasteiger partial charge in [0.15, 0.2) is 11.5 Å². The Morgan fingerprint density at radius 3 is 2.42 bits per heavy atom. The smallest absolute Gasteiger partial charge is 0.254 e. The molecular formula is C28H26N6O2. The minimum Gasteiger partial charge on any atom is -0.339 e. The summed E-state index contributed by atoms with van der Waals surface area (Å²) in [6, 6.07) is 22.0. The molecule has 8 heteroatoms. The van der Waals surface area contributed by atoms with Gasteiger partial charge >= 0.3 is 0 Å². The summed E-state index contributed by atoms with van der Waals surface area (Å²) < 4.78 is 7.25. The van der Waals surface area contributed by atoms with Gasteiger partial charge in [0.25, 0.3) is 5.91 Å². The highest BCUT2D eigenvalue weighted by Crippen LogP contribution is 2.30. The molecule has 4 heterocycles. The summed E-state index contributed by atoms with van der Waals surface area (Å²) in [6.45, 7) is 3.67. The molecule has 36 heavy (non-hydrogen) atoms. The Hall–Kier alpha value is -4.33. The maximum absolute atomic E-state index is 13.8. The van der Waals surface area contributed by atoms with Crippen LogP contribution in [0.5, 0.6) is 0 Å². The first-order chi connectivity index (χ1) is 17.7. The summed E-state index contributed by atoms with van der Waals surface area (Å²) in [5.74, 6) is 1.49. The first-order valence-corrected chi connectivity index (χ1v) is 12.2. The number of aromatic nitrogens is 5. The molecule has 2 aromatic carbocycles. The van der Waals surface area contributed by atoms with Crippen LogP contribution in [0.4, 0.5) is 0 Å². The van der Waals surface area contributed by atoms with Crippen molar-refractivity contribution in [1.29, 1.82) is 0 Å². The summed E-state index contributed by atoms with van der Waals surface area (Å²) in [5, 5.41) is 9.31. The van der Waals surface area contributed by atoms with E-state index in [1.807, 2.05) is 71.1 Å². The molecule has 0 N–H and O–H groups in total. The van der Waals surface area contributed by atoms with Crippen molar-refractivity contribution < 1.29 is 9.32 Å². The quantitative estimate of drug-likeness (QED) is 0.358. The van der Waals surface area contributed by atoms with Gasteiger partial charge in [-0.3, -0.25) is 4.79 Å². The molecule has 0 saturated carbocycles. The number of rotatable bonds is 5. The Labute approximate surface area is 208 Å². The lowest BCUT2D eigenvalue weighted by Crippen LogP contribution is -2.38. The number of pyridine rings is 1. The Bertz CT molecular complexity index is 1500. The first-order valence-electron chi connectivity index (χ1n) is 12.2. The van der Waals surface area contributed by atoms with Crippen LogP contribution in [0.3, 0.4) is 0 Å². The van der Waals surface area contributed by atoms with E-state index in [0.29, 0.717) is 42.6 Å². The Kier molecular flexibility index (Phi) is 5.77. The zero-order valence-electron chi connectivity index (χ0n) is 20.0. The maximum Gasteiger partial charge on any atom is 0.254 e. The molecule has 0 spiro atoms. The molecule has 8 nitrogen and oxygen atoms in total. The molecule has 0 bridgehead atoms. The van der Waals surface area contributed by atoms with Crippen LogP contribution in [0, 0.1) is 6.92 Å². The highest BCUT2D eigenvalue weighted by Gasteiger charge is 2.29. The minimum atomic E-state index is -0.000924. The zero-order chi connectivity index (χ0) is 24.5. The van der Waals surface area contributed by atoms with Gasteiger partial charge < -0.3 is 9.42 Å². The van der Waals surface area contributed by atoms with E-state index in [1.54, 1.807) is 6.20 Å². The lowest BCUT2D eigenvalue weighted by atomic mass is 9.96. The van der Waals surface area contributed by atoms with E-state index in [9.17, 15) is 4.79 Å².